The first-order chi connectivity index (χ1) is 11.7. The van der Waals surface area contributed by atoms with E-state index in [9.17, 15) is 13.2 Å². The fourth-order valence-electron chi connectivity index (χ4n) is 2.27. The van der Waals surface area contributed by atoms with Crippen LogP contribution < -0.4 is 4.72 Å². The van der Waals surface area contributed by atoms with Crippen LogP contribution in [-0.4, -0.2) is 38.0 Å². The predicted octanol–water partition coefficient (Wildman–Crippen LogP) is 1.93. The van der Waals surface area contributed by atoms with Crippen LogP contribution in [0.3, 0.4) is 0 Å². The summed E-state index contributed by atoms with van der Waals surface area (Å²) in [5.41, 5.74) is 2.59. The van der Waals surface area contributed by atoms with Crippen LogP contribution in [0.2, 0.25) is 0 Å². The minimum Gasteiger partial charge on any atom is -0.361 e. The van der Waals surface area contributed by atoms with Gasteiger partial charge < -0.3 is 9.42 Å². The molecule has 0 aliphatic rings. The maximum Gasteiger partial charge on any atom is 0.240 e. The Kier molecular flexibility index (Phi) is 5.97. The van der Waals surface area contributed by atoms with Crippen molar-refractivity contribution in [1.82, 2.24) is 14.8 Å². The summed E-state index contributed by atoms with van der Waals surface area (Å²) in [6.07, 6.45) is 0.0669. The molecule has 136 valence electrons. The third-order valence-electron chi connectivity index (χ3n) is 3.92. The quantitative estimate of drug-likeness (QED) is 0.809. The van der Waals surface area contributed by atoms with Crippen molar-refractivity contribution in [2.24, 2.45) is 0 Å². The van der Waals surface area contributed by atoms with E-state index in [2.05, 4.69) is 9.88 Å². The van der Waals surface area contributed by atoms with Crippen LogP contribution >= 0.6 is 0 Å². The summed E-state index contributed by atoms with van der Waals surface area (Å²) in [4.78, 5) is 13.8. The molecule has 1 aromatic carbocycles. The van der Waals surface area contributed by atoms with Crippen LogP contribution in [0.25, 0.3) is 0 Å². The molecular formula is C17H23N3O4S. The van der Waals surface area contributed by atoms with Crippen LogP contribution in [0.15, 0.2) is 33.7 Å². The highest BCUT2D eigenvalue weighted by Gasteiger charge is 2.16. The van der Waals surface area contributed by atoms with Crippen molar-refractivity contribution < 1.29 is 17.7 Å². The number of benzene rings is 1. The minimum absolute atomic E-state index is 0.0380. The average Bonchev–Trinajstić information content (AvgIpc) is 2.94. The highest BCUT2D eigenvalue weighted by Crippen LogP contribution is 2.14. The van der Waals surface area contributed by atoms with Gasteiger partial charge in [0.05, 0.1) is 11.4 Å². The van der Waals surface area contributed by atoms with E-state index in [1.165, 1.54) is 4.90 Å². The first kappa shape index (κ1) is 19.1. The van der Waals surface area contributed by atoms with Crippen molar-refractivity contribution in [3.05, 3.63) is 46.8 Å². The van der Waals surface area contributed by atoms with Crippen LogP contribution in [0.4, 0.5) is 0 Å². The SMILES string of the molecule is Cc1cc(CN(C)C(=O)CCNS(=O)(=O)c2ccc(C)c(C)c2)no1. The van der Waals surface area contributed by atoms with E-state index in [1.54, 1.807) is 38.2 Å². The van der Waals surface area contributed by atoms with Gasteiger partial charge in [0.2, 0.25) is 15.9 Å². The number of amides is 1. The summed E-state index contributed by atoms with van der Waals surface area (Å²) in [5, 5.41) is 3.83. The number of nitrogens with one attached hydrogen (secondary N) is 1. The Bertz CT molecular complexity index is 859. The number of carbonyl (C=O) groups is 1. The Hall–Kier alpha value is -2.19. The second kappa shape index (κ2) is 7.79. The maximum absolute atomic E-state index is 12.3. The summed E-state index contributed by atoms with van der Waals surface area (Å²) >= 11 is 0. The van der Waals surface area contributed by atoms with Crippen LogP contribution in [-0.2, 0) is 21.4 Å². The smallest absolute Gasteiger partial charge is 0.240 e. The Morgan fingerprint density at radius 3 is 2.52 bits per heavy atom. The fraction of sp³-hybridized carbons (Fsp3) is 0.412. The molecule has 1 heterocycles. The monoisotopic (exact) mass is 365 g/mol. The summed E-state index contributed by atoms with van der Waals surface area (Å²) < 4.78 is 32.0. The normalized spacial score (nSPS) is 11.5. The molecule has 2 aromatic rings. The van der Waals surface area contributed by atoms with Crippen molar-refractivity contribution in [1.29, 1.82) is 0 Å². The third-order valence-corrected chi connectivity index (χ3v) is 5.38. The van der Waals surface area contributed by atoms with Gasteiger partial charge in [0.1, 0.15) is 11.5 Å². The zero-order chi connectivity index (χ0) is 18.6. The van der Waals surface area contributed by atoms with Crippen LogP contribution in [0.1, 0.15) is 29.0 Å². The van der Waals surface area contributed by atoms with E-state index in [-0.39, 0.29) is 23.8 Å². The van der Waals surface area contributed by atoms with Gasteiger partial charge in [-0.1, -0.05) is 11.2 Å². The molecule has 1 amide bonds. The number of nitrogens with zero attached hydrogens (tertiary/aromatic N) is 2. The first-order valence-electron chi connectivity index (χ1n) is 7.92. The zero-order valence-electron chi connectivity index (χ0n) is 14.9. The fourth-order valence-corrected chi connectivity index (χ4v) is 3.39. The van der Waals surface area contributed by atoms with Gasteiger partial charge in [-0.3, -0.25) is 4.79 Å². The van der Waals surface area contributed by atoms with E-state index >= 15 is 0 Å². The van der Waals surface area contributed by atoms with Gasteiger partial charge in [-0.15, -0.1) is 0 Å². The van der Waals surface area contributed by atoms with E-state index in [0.29, 0.717) is 18.0 Å². The molecule has 0 fully saturated rings. The van der Waals surface area contributed by atoms with Crippen molar-refractivity contribution in [3.63, 3.8) is 0 Å². The molecule has 2 rings (SSSR count). The standard InChI is InChI=1S/C17H23N3O4S/c1-12-5-6-16(9-13(12)2)25(22,23)18-8-7-17(21)20(4)11-15-10-14(3)24-19-15/h5-6,9-10,18H,7-8,11H2,1-4H3. The van der Waals surface area contributed by atoms with Crippen molar-refractivity contribution in [3.8, 4) is 0 Å². The van der Waals surface area contributed by atoms with Gasteiger partial charge >= 0.3 is 0 Å². The molecule has 0 saturated heterocycles. The van der Waals surface area contributed by atoms with E-state index in [1.807, 2.05) is 13.8 Å². The van der Waals surface area contributed by atoms with Crippen molar-refractivity contribution >= 4 is 15.9 Å². The number of carbonyl (C=O) groups excluding carboxylic acids is 1. The molecule has 1 aromatic heterocycles. The molecule has 0 atom stereocenters. The number of sulfonamides is 1. The van der Waals surface area contributed by atoms with Crippen LogP contribution in [0.5, 0.6) is 0 Å². The maximum atomic E-state index is 12.3. The summed E-state index contributed by atoms with van der Waals surface area (Å²) in [7, 11) is -1.98. The van der Waals surface area contributed by atoms with Gasteiger partial charge in [0.15, 0.2) is 0 Å². The second-order valence-electron chi connectivity index (χ2n) is 6.07. The molecule has 25 heavy (non-hydrogen) atoms. The number of hydrogen-bond donors (Lipinski definition) is 1. The molecular weight excluding hydrogens is 342 g/mol. The Morgan fingerprint density at radius 1 is 1.20 bits per heavy atom. The van der Waals surface area contributed by atoms with Crippen LogP contribution in [0, 0.1) is 20.8 Å². The second-order valence-corrected chi connectivity index (χ2v) is 7.84. The van der Waals surface area contributed by atoms with Crippen molar-refractivity contribution in [2.45, 2.75) is 38.6 Å². The van der Waals surface area contributed by atoms with Gasteiger partial charge in [-0.05, 0) is 44.0 Å². The highest BCUT2D eigenvalue weighted by atomic mass is 32.2. The summed E-state index contributed by atoms with van der Waals surface area (Å²) in [6, 6.07) is 6.71. The van der Waals surface area contributed by atoms with E-state index in [4.69, 9.17) is 4.52 Å². The number of hydrogen-bond acceptors (Lipinski definition) is 5. The number of aromatic nitrogens is 1. The molecule has 0 aliphatic carbocycles. The molecule has 0 radical (unpaired) electrons. The number of aryl methyl sites for hydroxylation is 3. The first-order valence-corrected chi connectivity index (χ1v) is 9.40. The number of rotatable bonds is 7. The lowest BCUT2D eigenvalue weighted by Gasteiger charge is -2.15. The topological polar surface area (TPSA) is 92.5 Å². The molecule has 1 N–H and O–H groups in total. The minimum atomic E-state index is -3.62. The summed E-state index contributed by atoms with van der Waals surface area (Å²) in [6.45, 7) is 5.92. The third kappa shape index (κ3) is 5.14. The van der Waals surface area contributed by atoms with Crippen molar-refractivity contribution in [2.75, 3.05) is 13.6 Å². The Morgan fingerprint density at radius 2 is 1.92 bits per heavy atom. The molecule has 7 nitrogen and oxygen atoms in total. The molecule has 0 aliphatic heterocycles. The molecule has 0 bridgehead atoms. The molecule has 0 unspecified atom stereocenters. The highest BCUT2D eigenvalue weighted by molar-refractivity contribution is 7.89. The summed E-state index contributed by atoms with van der Waals surface area (Å²) in [5.74, 6) is 0.500. The van der Waals surface area contributed by atoms with Gasteiger partial charge in [0, 0.05) is 26.1 Å². The molecule has 0 saturated carbocycles. The Labute approximate surface area is 148 Å². The average molecular weight is 365 g/mol. The Balaban J connectivity index is 1.88. The van der Waals surface area contributed by atoms with Gasteiger partial charge in [-0.25, -0.2) is 13.1 Å². The largest absolute Gasteiger partial charge is 0.361 e. The van der Waals surface area contributed by atoms with E-state index in [0.717, 1.165) is 11.1 Å². The molecule has 0 spiro atoms. The lowest BCUT2D eigenvalue weighted by atomic mass is 10.1. The lowest BCUT2D eigenvalue weighted by molar-refractivity contribution is -0.130. The predicted molar refractivity (Wildman–Crippen MR) is 93.4 cm³/mol. The zero-order valence-corrected chi connectivity index (χ0v) is 15.7. The molecule has 8 heteroatoms. The van der Waals surface area contributed by atoms with Gasteiger partial charge in [-0.2, -0.15) is 0 Å². The lowest BCUT2D eigenvalue weighted by Crippen LogP contribution is -2.32. The van der Waals surface area contributed by atoms with E-state index < -0.39 is 10.0 Å². The van der Waals surface area contributed by atoms with Gasteiger partial charge in [0.25, 0.3) is 0 Å².